The lowest BCUT2D eigenvalue weighted by molar-refractivity contribution is -0.122. The van der Waals surface area contributed by atoms with Gasteiger partial charge in [-0.3, -0.25) is 14.7 Å². The highest BCUT2D eigenvalue weighted by Crippen LogP contribution is 2.08. The van der Waals surface area contributed by atoms with Crippen LogP contribution in [0.15, 0.2) is 24.5 Å². The number of pyridine rings is 1. The first-order valence-corrected chi connectivity index (χ1v) is 6.30. The second-order valence-corrected chi connectivity index (χ2v) is 4.65. The van der Waals surface area contributed by atoms with Crippen LogP contribution in [-0.2, 0) is 11.3 Å². The summed E-state index contributed by atoms with van der Waals surface area (Å²) >= 11 is 0. The molecule has 2 rings (SSSR count). The molecular weight excluding hydrogens is 230 g/mol. The molecule has 5 heteroatoms. The van der Waals surface area contributed by atoms with Gasteiger partial charge in [-0.1, -0.05) is 6.07 Å². The van der Waals surface area contributed by atoms with E-state index in [0.717, 1.165) is 31.5 Å². The molecule has 0 aromatic carbocycles. The summed E-state index contributed by atoms with van der Waals surface area (Å²) in [6, 6.07) is 3.79. The molecule has 1 aliphatic heterocycles. The summed E-state index contributed by atoms with van der Waals surface area (Å²) in [5.74, 6) is 0.0234. The molecule has 2 heterocycles. The van der Waals surface area contributed by atoms with Gasteiger partial charge in [-0.05, 0) is 24.5 Å². The first kappa shape index (κ1) is 13.0. The maximum Gasteiger partial charge on any atom is 0.234 e. The van der Waals surface area contributed by atoms with Gasteiger partial charge >= 0.3 is 0 Å². The number of aromatic nitrogens is 1. The summed E-state index contributed by atoms with van der Waals surface area (Å²) in [6.45, 7) is 2.51. The first-order chi connectivity index (χ1) is 8.74. The van der Waals surface area contributed by atoms with Gasteiger partial charge in [0.1, 0.15) is 0 Å². The molecule has 0 bridgehead atoms. The number of carbonyl (C=O) groups is 1. The number of carbonyl (C=O) groups excluding carboxylic acids is 1. The Morgan fingerprint density at radius 1 is 1.50 bits per heavy atom. The van der Waals surface area contributed by atoms with E-state index in [2.05, 4.69) is 15.2 Å². The number of hydrogen-bond acceptors (Lipinski definition) is 4. The maximum absolute atomic E-state index is 11.7. The Kier molecular flexibility index (Phi) is 4.66. The molecule has 1 saturated heterocycles. The van der Waals surface area contributed by atoms with Crippen molar-refractivity contribution in [1.29, 1.82) is 0 Å². The van der Waals surface area contributed by atoms with E-state index in [1.54, 1.807) is 12.4 Å². The number of nitrogens with zero attached hydrogens (tertiary/aromatic N) is 2. The molecule has 0 atom stereocenters. The minimum Gasteiger partial charge on any atom is -0.393 e. The predicted octanol–water partition coefficient (Wildman–Crippen LogP) is 0.154. The van der Waals surface area contributed by atoms with Crippen LogP contribution in [0.3, 0.4) is 0 Å². The van der Waals surface area contributed by atoms with Crippen molar-refractivity contribution in [3.05, 3.63) is 30.1 Å². The van der Waals surface area contributed by atoms with Crippen molar-refractivity contribution < 1.29 is 9.90 Å². The van der Waals surface area contributed by atoms with Crippen LogP contribution in [0.4, 0.5) is 0 Å². The van der Waals surface area contributed by atoms with Gasteiger partial charge < -0.3 is 10.4 Å². The number of amides is 1. The molecule has 0 saturated carbocycles. The van der Waals surface area contributed by atoms with Crippen molar-refractivity contribution in [1.82, 2.24) is 15.2 Å². The van der Waals surface area contributed by atoms with Crippen molar-refractivity contribution in [2.24, 2.45) is 0 Å². The van der Waals surface area contributed by atoms with Gasteiger partial charge in [0.25, 0.3) is 0 Å². The number of hydrogen-bond donors (Lipinski definition) is 2. The standard InChI is InChI=1S/C13H19N3O2/c17-12-3-6-16(7-4-12)10-13(18)15-9-11-2-1-5-14-8-11/h1-2,5,8,12,17H,3-4,6-7,9-10H2,(H,15,18). The Morgan fingerprint density at radius 2 is 2.28 bits per heavy atom. The van der Waals surface area contributed by atoms with Gasteiger partial charge in [0.2, 0.25) is 5.91 Å². The lowest BCUT2D eigenvalue weighted by atomic mass is 10.1. The zero-order chi connectivity index (χ0) is 12.8. The quantitative estimate of drug-likeness (QED) is 0.797. The molecule has 0 spiro atoms. The highest BCUT2D eigenvalue weighted by atomic mass is 16.3. The summed E-state index contributed by atoms with van der Waals surface area (Å²) in [7, 11) is 0. The van der Waals surface area contributed by atoms with Crippen molar-refractivity contribution >= 4 is 5.91 Å². The molecule has 18 heavy (non-hydrogen) atoms. The van der Waals surface area contributed by atoms with Crippen LogP contribution >= 0.6 is 0 Å². The summed E-state index contributed by atoms with van der Waals surface area (Å²) in [5, 5.41) is 12.3. The van der Waals surface area contributed by atoms with Crippen LogP contribution in [-0.4, -0.2) is 46.6 Å². The highest BCUT2D eigenvalue weighted by molar-refractivity contribution is 5.78. The van der Waals surface area contributed by atoms with Gasteiger partial charge in [-0.15, -0.1) is 0 Å². The lowest BCUT2D eigenvalue weighted by Crippen LogP contribution is -2.42. The van der Waals surface area contributed by atoms with Gasteiger partial charge in [0, 0.05) is 32.0 Å². The van der Waals surface area contributed by atoms with E-state index >= 15 is 0 Å². The number of likely N-dealkylation sites (tertiary alicyclic amines) is 1. The Bertz CT molecular complexity index is 375. The van der Waals surface area contributed by atoms with E-state index in [-0.39, 0.29) is 12.0 Å². The molecule has 1 aliphatic rings. The number of aliphatic hydroxyl groups excluding tert-OH is 1. The maximum atomic E-state index is 11.7. The second kappa shape index (κ2) is 6.47. The Labute approximate surface area is 107 Å². The monoisotopic (exact) mass is 249 g/mol. The van der Waals surface area contributed by atoms with E-state index < -0.39 is 0 Å². The molecule has 0 radical (unpaired) electrons. The Balaban J connectivity index is 1.69. The zero-order valence-corrected chi connectivity index (χ0v) is 10.4. The van der Waals surface area contributed by atoms with Crippen molar-refractivity contribution in [3.63, 3.8) is 0 Å². The summed E-state index contributed by atoms with van der Waals surface area (Å²) < 4.78 is 0. The van der Waals surface area contributed by atoms with E-state index in [1.165, 1.54) is 0 Å². The molecule has 0 unspecified atom stereocenters. The fraction of sp³-hybridized carbons (Fsp3) is 0.538. The number of nitrogens with one attached hydrogen (secondary N) is 1. The molecule has 1 fully saturated rings. The van der Waals surface area contributed by atoms with E-state index in [1.807, 2.05) is 12.1 Å². The number of rotatable bonds is 4. The third-order valence-corrected chi connectivity index (χ3v) is 3.14. The molecule has 1 amide bonds. The highest BCUT2D eigenvalue weighted by Gasteiger charge is 2.18. The first-order valence-electron chi connectivity index (χ1n) is 6.30. The molecular formula is C13H19N3O2. The predicted molar refractivity (Wildman–Crippen MR) is 67.8 cm³/mol. The zero-order valence-electron chi connectivity index (χ0n) is 10.4. The summed E-state index contributed by atoms with van der Waals surface area (Å²) in [5.41, 5.74) is 1.000. The lowest BCUT2D eigenvalue weighted by Gasteiger charge is -2.28. The minimum absolute atomic E-state index is 0.0234. The molecule has 2 N–H and O–H groups in total. The number of piperidine rings is 1. The third kappa shape index (κ3) is 4.09. The van der Waals surface area contributed by atoms with Gasteiger partial charge in [0.15, 0.2) is 0 Å². The second-order valence-electron chi connectivity index (χ2n) is 4.65. The fourth-order valence-electron chi connectivity index (χ4n) is 2.04. The van der Waals surface area contributed by atoms with Crippen molar-refractivity contribution in [3.8, 4) is 0 Å². The van der Waals surface area contributed by atoms with Crippen LogP contribution in [0.1, 0.15) is 18.4 Å². The minimum atomic E-state index is -0.195. The van der Waals surface area contributed by atoms with Gasteiger partial charge in [-0.2, -0.15) is 0 Å². The average Bonchev–Trinajstić information content (AvgIpc) is 2.40. The smallest absolute Gasteiger partial charge is 0.234 e. The third-order valence-electron chi connectivity index (χ3n) is 3.14. The van der Waals surface area contributed by atoms with Crippen LogP contribution < -0.4 is 5.32 Å². The van der Waals surface area contributed by atoms with Crippen LogP contribution in [0.5, 0.6) is 0 Å². The van der Waals surface area contributed by atoms with E-state index in [9.17, 15) is 9.90 Å². The van der Waals surface area contributed by atoms with Crippen LogP contribution in [0.2, 0.25) is 0 Å². The van der Waals surface area contributed by atoms with Crippen molar-refractivity contribution in [2.45, 2.75) is 25.5 Å². The topological polar surface area (TPSA) is 65.5 Å². The largest absolute Gasteiger partial charge is 0.393 e. The van der Waals surface area contributed by atoms with Crippen LogP contribution in [0.25, 0.3) is 0 Å². The fourth-order valence-corrected chi connectivity index (χ4v) is 2.04. The summed E-state index contributed by atoms with van der Waals surface area (Å²) in [4.78, 5) is 17.8. The molecule has 98 valence electrons. The van der Waals surface area contributed by atoms with E-state index in [0.29, 0.717) is 13.1 Å². The summed E-state index contributed by atoms with van der Waals surface area (Å²) in [6.07, 6.45) is 4.79. The van der Waals surface area contributed by atoms with E-state index in [4.69, 9.17) is 0 Å². The van der Waals surface area contributed by atoms with Gasteiger partial charge in [0.05, 0.1) is 12.6 Å². The van der Waals surface area contributed by atoms with Gasteiger partial charge in [-0.25, -0.2) is 0 Å². The Hall–Kier alpha value is -1.46. The normalized spacial score (nSPS) is 17.6. The Morgan fingerprint density at radius 3 is 2.94 bits per heavy atom. The van der Waals surface area contributed by atoms with Crippen molar-refractivity contribution in [2.75, 3.05) is 19.6 Å². The molecule has 1 aromatic rings. The SMILES string of the molecule is O=C(CN1CCC(O)CC1)NCc1cccnc1. The average molecular weight is 249 g/mol. The van der Waals surface area contributed by atoms with Crippen LogP contribution in [0, 0.1) is 0 Å². The molecule has 1 aromatic heterocycles. The number of aliphatic hydroxyl groups is 1. The molecule has 5 nitrogen and oxygen atoms in total. The molecule has 0 aliphatic carbocycles.